The second kappa shape index (κ2) is 7.39. The topological polar surface area (TPSA) is 44.5 Å². The highest BCUT2D eigenvalue weighted by Crippen LogP contribution is 2.29. The first-order chi connectivity index (χ1) is 9.33. The maximum atomic E-state index is 6.23. The molecule has 0 unspecified atom stereocenters. The number of nitrogens with two attached hydrogens (primary N) is 1. The van der Waals surface area contributed by atoms with Gasteiger partial charge < -0.3 is 15.2 Å². The Kier molecular flexibility index (Phi) is 5.52. The first-order valence-corrected chi connectivity index (χ1v) is 7.37. The van der Waals surface area contributed by atoms with Crippen molar-refractivity contribution in [3.63, 3.8) is 0 Å². The number of hydrogen-bond donors (Lipinski definition) is 1. The van der Waals surface area contributed by atoms with Crippen LogP contribution < -0.4 is 15.2 Å². The predicted molar refractivity (Wildman–Crippen MR) is 77.9 cm³/mol. The summed E-state index contributed by atoms with van der Waals surface area (Å²) in [4.78, 5) is 0. The van der Waals surface area contributed by atoms with Crippen molar-refractivity contribution in [1.82, 2.24) is 0 Å². The van der Waals surface area contributed by atoms with Crippen LogP contribution in [0.4, 0.5) is 0 Å². The van der Waals surface area contributed by atoms with Crippen molar-refractivity contribution in [2.24, 2.45) is 5.73 Å². The van der Waals surface area contributed by atoms with Crippen LogP contribution in [0.2, 0.25) is 0 Å². The average molecular weight is 263 g/mol. The maximum absolute atomic E-state index is 6.23. The summed E-state index contributed by atoms with van der Waals surface area (Å²) in [5.41, 5.74) is 6.86. The van der Waals surface area contributed by atoms with Gasteiger partial charge in [0.25, 0.3) is 0 Å². The molecule has 1 aromatic carbocycles. The van der Waals surface area contributed by atoms with E-state index in [9.17, 15) is 0 Å². The van der Waals surface area contributed by atoms with Gasteiger partial charge in [-0.15, -0.1) is 0 Å². The lowest BCUT2D eigenvalue weighted by atomic mass is 10.1. The Morgan fingerprint density at radius 1 is 1.16 bits per heavy atom. The van der Waals surface area contributed by atoms with Crippen molar-refractivity contribution in [2.75, 3.05) is 13.7 Å². The zero-order valence-electron chi connectivity index (χ0n) is 11.9. The molecule has 2 rings (SSSR count). The van der Waals surface area contributed by atoms with Gasteiger partial charge in [0.15, 0.2) is 0 Å². The van der Waals surface area contributed by atoms with Crippen molar-refractivity contribution in [2.45, 2.75) is 51.0 Å². The molecule has 1 saturated carbocycles. The monoisotopic (exact) mass is 263 g/mol. The normalized spacial score (nSPS) is 16.9. The summed E-state index contributed by atoms with van der Waals surface area (Å²) in [7, 11) is 1.69. The van der Waals surface area contributed by atoms with E-state index in [0.717, 1.165) is 17.9 Å². The average Bonchev–Trinajstić information content (AvgIpc) is 2.69. The molecule has 0 radical (unpaired) electrons. The minimum atomic E-state index is 0.353. The van der Waals surface area contributed by atoms with E-state index in [4.69, 9.17) is 15.2 Å². The standard InChI is InChI=1S/C16H25NO2/c1-18-15-9-8-13(10-11-17)16(12-15)19-14-6-4-2-3-5-7-14/h8-9,12,14H,2-7,10-11,17H2,1H3. The van der Waals surface area contributed by atoms with E-state index in [1.807, 2.05) is 12.1 Å². The van der Waals surface area contributed by atoms with Crippen molar-refractivity contribution < 1.29 is 9.47 Å². The van der Waals surface area contributed by atoms with Gasteiger partial charge in [0.1, 0.15) is 11.5 Å². The molecule has 0 heterocycles. The molecule has 1 fully saturated rings. The molecular weight excluding hydrogens is 238 g/mol. The van der Waals surface area contributed by atoms with Crippen LogP contribution in [0, 0.1) is 0 Å². The number of hydrogen-bond acceptors (Lipinski definition) is 3. The molecule has 2 N–H and O–H groups in total. The SMILES string of the molecule is COc1ccc(CCN)c(OC2CCCCCC2)c1. The van der Waals surface area contributed by atoms with Crippen LogP contribution in [0.3, 0.4) is 0 Å². The molecule has 0 aromatic heterocycles. The molecule has 0 atom stereocenters. The van der Waals surface area contributed by atoms with Gasteiger partial charge in [-0.3, -0.25) is 0 Å². The van der Waals surface area contributed by atoms with Crippen LogP contribution in [0.25, 0.3) is 0 Å². The van der Waals surface area contributed by atoms with E-state index in [1.165, 1.54) is 44.1 Å². The lowest BCUT2D eigenvalue weighted by Crippen LogP contribution is -2.16. The van der Waals surface area contributed by atoms with Gasteiger partial charge in [-0.05, 0) is 50.3 Å². The quantitative estimate of drug-likeness (QED) is 0.829. The molecule has 3 nitrogen and oxygen atoms in total. The molecule has 0 spiro atoms. The molecule has 1 aliphatic carbocycles. The third-order valence-electron chi connectivity index (χ3n) is 3.78. The summed E-state index contributed by atoms with van der Waals surface area (Å²) in [5.74, 6) is 1.81. The van der Waals surface area contributed by atoms with Gasteiger partial charge in [-0.25, -0.2) is 0 Å². The Morgan fingerprint density at radius 3 is 2.53 bits per heavy atom. The van der Waals surface area contributed by atoms with Crippen molar-refractivity contribution >= 4 is 0 Å². The molecule has 0 aliphatic heterocycles. The van der Waals surface area contributed by atoms with Crippen molar-refractivity contribution in [1.29, 1.82) is 0 Å². The van der Waals surface area contributed by atoms with Gasteiger partial charge in [0.05, 0.1) is 13.2 Å². The molecule has 0 amide bonds. The highest BCUT2D eigenvalue weighted by atomic mass is 16.5. The minimum Gasteiger partial charge on any atom is -0.497 e. The van der Waals surface area contributed by atoms with Gasteiger partial charge in [0.2, 0.25) is 0 Å². The zero-order valence-corrected chi connectivity index (χ0v) is 11.9. The molecule has 3 heteroatoms. The van der Waals surface area contributed by atoms with Crippen LogP contribution in [0.1, 0.15) is 44.1 Å². The summed E-state index contributed by atoms with van der Waals surface area (Å²) in [5, 5.41) is 0. The van der Waals surface area contributed by atoms with Crippen LogP contribution in [0.15, 0.2) is 18.2 Å². The Balaban J connectivity index is 2.10. The van der Waals surface area contributed by atoms with E-state index in [-0.39, 0.29) is 0 Å². The fraction of sp³-hybridized carbons (Fsp3) is 0.625. The van der Waals surface area contributed by atoms with Crippen LogP contribution in [-0.2, 0) is 6.42 Å². The Bertz CT molecular complexity index is 384. The first-order valence-electron chi connectivity index (χ1n) is 7.37. The van der Waals surface area contributed by atoms with Crippen LogP contribution in [-0.4, -0.2) is 19.8 Å². The molecule has 1 aromatic rings. The van der Waals surface area contributed by atoms with E-state index >= 15 is 0 Å². The highest BCUT2D eigenvalue weighted by molar-refractivity contribution is 5.41. The Labute approximate surface area is 116 Å². The second-order valence-corrected chi connectivity index (χ2v) is 5.24. The van der Waals surface area contributed by atoms with Crippen molar-refractivity contribution in [3.8, 4) is 11.5 Å². The summed E-state index contributed by atoms with van der Waals surface area (Å²) in [6.07, 6.45) is 8.78. The summed E-state index contributed by atoms with van der Waals surface area (Å²) >= 11 is 0. The number of rotatable bonds is 5. The van der Waals surface area contributed by atoms with E-state index in [1.54, 1.807) is 7.11 Å². The van der Waals surface area contributed by atoms with E-state index in [0.29, 0.717) is 12.6 Å². The van der Waals surface area contributed by atoms with Crippen molar-refractivity contribution in [3.05, 3.63) is 23.8 Å². The van der Waals surface area contributed by atoms with E-state index < -0.39 is 0 Å². The predicted octanol–water partition coefficient (Wildman–Crippen LogP) is 3.30. The molecule has 0 saturated heterocycles. The largest absolute Gasteiger partial charge is 0.497 e. The Morgan fingerprint density at radius 2 is 1.89 bits per heavy atom. The highest BCUT2D eigenvalue weighted by Gasteiger charge is 2.15. The minimum absolute atomic E-state index is 0.353. The fourth-order valence-corrected chi connectivity index (χ4v) is 2.67. The fourth-order valence-electron chi connectivity index (χ4n) is 2.67. The molecule has 106 valence electrons. The third kappa shape index (κ3) is 4.13. The van der Waals surface area contributed by atoms with Crippen LogP contribution >= 0.6 is 0 Å². The van der Waals surface area contributed by atoms with Crippen LogP contribution in [0.5, 0.6) is 11.5 Å². The number of benzene rings is 1. The number of ether oxygens (including phenoxy) is 2. The van der Waals surface area contributed by atoms with Gasteiger partial charge >= 0.3 is 0 Å². The summed E-state index contributed by atoms with van der Waals surface area (Å²) in [6, 6.07) is 6.04. The molecular formula is C16H25NO2. The molecule has 1 aliphatic rings. The smallest absolute Gasteiger partial charge is 0.126 e. The number of methoxy groups -OCH3 is 1. The van der Waals surface area contributed by atoms with Gasteiger partial charge in [0, 0.05) is 6.07 Å². The third-order valence-corrected chi connectivity index (χ3v) is 3.78. The molecule has 19 heavy (non-hydrogen) atoms. The van der Waals surface area contributed by atoms with Gasteiger partial charge in [-0.1, -0.05) is 18.9 Å². The van der Waals surface area contributed by atoms with Gasteiger partial charge in [-0.2, -0.15) is 0 Å². The molecule has 0 bridgehead atoms. The lowest BCUT2D eigenvalue weighted by molar-refractivity contribution is 0.181. The summed E-state index contributed by atoms with van der Waals surface area (Å²) in [6.45, 7) is 0.646. The first kappa shape index (κ1) is 14.2. The summed E-state index contributed by atoms with van der Waals surface area (Å²) < 4.78 is 11.5. The zero-order chi connectivity index (χ0) is 13.5. The Hall–Kier alpha value is -1.22. The lowest BCUT2D eigenvalue weighted by Gasteiger charge is -2.20. The van der Waals surface area contributed by atoms with E-state index in [2.05, 4.69) is 6.07 Å². The second-order valence-electron chi connectivity index (χ2n) is 5.24. The maximum Gasteiger partial charge on any atom is 0.126 e.